The van der Waals surface area contributed by atoms with Crippen molar-refractivity contribution in [3.8, 4) is 0 Å². The number of hydrogen-bond acceptors (Lipinski definition) is 6. The minimum atomic E-state index is -3.80. The van der Waals surface area contributed by atoms with Crippen LogP contribution >= 0.6 is 0 Å². The molecule has 0 amide bonds. The molecule has 0 spiro atoms. The Bertz CT molecular complexity index is 1830. The van der Waals surface area contributed by atoms with Crippen LogP contribution in [0.3, 0.4) is 0 Å². The molecular formula is C27H19N3O4S. The van der Waals surface area contributed by atoms with Crippen molar-refractivity contribution in [2.24, 2.45) is 0 Å². The van der Waals surface area contributed by atoms with E-state index in [4.69, 9.17) is 4.42 Å². The number of para-hydroxylation sites is 2. The molecule has 6 aromatic rings. The zero-order valence-electron chi connectivity index (χ0n) is 18.5. The number of aryl methyl sites for hydroxylation is 1. The molecule has 0 aliphatic heterocycles. The van der Waals surface area contributed by atoms with Gasteiger partial charge in [0, 0.05) is 42.0 Å². The quantitative estimate of drug-likeness (QED) is 0.301. The fraction of sp³-hybridized carbons (Fsp3) is 0.0741. The van der Waals surface area contributed by atoms with E-state index in [1.165, 1.54) is 6.20 Å². The largest absolute Gasteiger partial charge is 0.455 e. The van der Waals surface area contributed by atoms with E-state index < -0.39 is 9.84 Å². The average Bonchev–Trinajstić information content (AvgIpc) is 3.51. The van der Waals surface area contributed by atoms with Gasteiger partial charge in [0.15, 0.2) is 11.4 Å². The first kappa shape index (κ1) is 21.2. The van der Waals surface area contributed by atoms with Crippen LogP contribution in [0.4, 0.5) is 0 Å². The molecule has 0 saturated heterocycles. The van der Waals surface area contributed by atoms with E-state index in [1.807, 2.05) is 30.3 Å². The van der Waals surface area contributed by atoms with E-state index >= 15 is 0 Å². The van der Waals surface area contributed by atoms with Crippen molar-refractivity contribution >= 4 is 43.3 Å². The van der Waals surface area contributed by atoms with Crippen LogP contribution in [-0.4, -0.2) is 28.6 Å². The number of hydrogen-bond donors (Lipinski definition) is 0. The highest BCUT2D eigenvalue weighted by Crippen LogP contribution is 2.35. The molecule has 8 heteroatoms. The number of nitrogens with zero attached hydrogens (tertiary/aromatic N) is 3. The molecule has 3 aromatic heterocycles. The number of carbonyl (C=O) groups is 1. The number of rotatable bonds is 6. The number of benzene rings is 3. The topological polar surface area (TPSA) is 94.5 Å². The summed E-state index contributed by atoms with van der Waals surface area (Å²) in [5.41, 5.74) is 2.38. The van der Waals surface area contributed by atoms with E-state index in [-0.39, 0.29) is 22.0 Å². The number of furan rings is 1. The summed E-state index contributed by atoms with van der Waals surface area (Å²) >= 11 is 0. The third-order valence-electron chi connectivity index (χ3n) is 6.10. The summed E-state index contributed by atoms with van der Waals surface area (Å²) in [6, 6.07) is 19.3. The van der Waals surface area contributed by atoms with Crippen LogP contribution in [-0.2, 0) is 16.3 Å². The van der Waals surface area contributed by atoms with Gasteiger partial charge in [-0.1, -0.05) is 42.5 Å². The Labute approximate surface area is 200 Å². The van der Waals surface area contributed by atoms with Crippen LogP contribution < -0.4 is 0 Å². The van der Waals surface area contributed by atoms with Gasteiger partial charge in [0.05, 0.1) is 10.5 Å². The first-order chi connectivity index (χ1) is 17.0. The highest BCUT2D eigenvalue weighted by atomic mass is 32.2. The normalized spacial score (nSPS) is 12.0. The van der Waals surface area contributed by atoms with Gasteiger partial charge < -0.3 is 4.42 Å². The molecule has 3 aromatic carbocycles. The molecule has 0 atom stereocenters. The summed E-state index contributed by atoms with van der Waals surface area (Å²) in [5, 5.41) is 1.64. The third-order valence-corrected chi connectivity index (χ3v) is 7.89. The Kier molecular flexibility index (Phi) is 4.96. The fourth-order valence-electron chi connectivity index (χ4n) is 4.26. The molecular weight excluding hydrogens is 462 g/mol. The van der Waals surface area contributed by atoms with E-state index in [0.29, 0.717) is 28.9 Å². The molecule has 0 fully saturated rings. The fourth-order valence-corrected chi connectivity index (χ4v) is 5.66. The molecule has 35 heavy (non-hydrogen) atoms. The maximum Gasteiger partial charge on any atom is 0.233 e. The predicted octanol–water partition coefficient (Wildman–Crippen LogP) is 5.28. The molecule has 0 radical (unpaired) electrons. The first-order valence-corrected chi connectivity index (χ1v) is 12.6. The van der Waals surface area contributed by atoms with Crippen LogP contribution in [0, 0.1) is 0 Å². The number of fused-ring (bicyclic) bond motifs is 4. The molecule has 0 aliphatic carbocycles. The number of carbonyl (C=O) groups excluding carboxylic acids is 1. The Morgan fingerprint density at radius 3 is 2.57 bits per heavy atom. The Balaban J connectivity index is 1.24. The smallest absolute Gasteiger partial charge is 0.233 e. The van der Waals surface area contributed by atoms with Gasteiger partial charge in [0.25, 0.3) is 0 Å². The molecule has 6 rings (SSSR count). The minimum Gasteiger partial charge on any atom is -0.455 e. The van der Waals surface area contributed by atoms with Gasteiger partial charge in [-0.15, -0.1) is 0 Å². The highest BCUT2D eigenvalue weighted by Gasteiger charge is 2.23. The number of Topliss-reactive ketones (excluding diaryl/α,β-unsaturated/α-hetero) is 1. The number of imidazole rings is 1. The van der Waals surface area contributed by atoms with Crippen LogP contribution in [0.1, 0.15) is 22.3 Å². The van der Waals surface area contributed by atoms with Gasteiger partial charge in [-0.05, 0) is 36.2 Å². The van der Waals surface area contributed by atoms with Crippen molar-refractivity contribution in [1.82, 2.24) is 14.4 Å². The standard InChI is InChI=1S/C27H19N3O4S/c31-23(19-16-29-27-28-14-15-30(27)17-19)13-10-18-8-11-20(12-9-18)35(32,33)25-7-3-5-22-21-4-1-2-6-24(21)34-26(22)25/h1-9,11-12,14-17H,10,13H2. The second-order valence-electron chi connectivity index (χ2n) is 8.28. The first-order valence-electron chi connectivity index (χ1n) is 11.1. The van der Waals surface area contributed by atoms with Crippen molar-refractivity contribution in [3.63, 3.8) is 0 Å². The highest BCUT2D eigenvalue weighted by molar-refractivity contribution is 7.91. The van der Waals surface area contributed by atoms with E-state index in [1.54, 1.807) is 59.4 Å². The van der Waals surface area contributed by atoms with Gasteiger partial charge in [0.2, 0.25) is 15.6 Å². The molecule has 0 saturated carbocycles. The molecule has 0 N–H and O–H groups in total. The van der Waals surface area contributed by atoms with Crippen LogP contribution in [0.25, 0.3) is 27.7 Å². The number of aromatic nitrogens is 3. The lowest BCUT2D eigenvalue weighted by Gasteiger charge is -2.07. The molecule has 3 heterocycles. The van der Waals surface area contributed by atoms with Crippen molar-refractivity contribution in [3.05, 3.63) is 103 Å². The van der Waals surface area contributed by atoms with Gasteiger partial charge in [-0.25, -0.2) is 18.4 Å². The van der Waals surface area contributed by atoms with Crippen LogP contribution in [0.2, 0.25) is 0 Å². The monoisotopic (exact) mass is 481 g/mol. The zero-order chi connectivity index (χ0) is 24.0. The van der Waals surface area contributed by atoms with Gasteiger partial charge in [0.1, 0.15) is 10.5 Å². The lowest BCUT2D eigenvalue weighted by atomic mass is 10.0. The molecule has 172 valence electrons. The Morgan fingerprint density at radius 1 is 0.914 bits per heavy atom. The van der Waals surface area contributed by atoms with Crippen LogP contribution in [0.15, 0.2) is 106 Å². The predicted molar refractivity (Wildman–Crippen MR) is 131 cm³/mol. The zero-order valence-corrected chi connectivity index (χ0v) is 19.3. The second-order valence-corrected chi connectivity index (χ2v) is 10.2. The summed E-state index contributed by atoms with van der Waals surface area (Å²) in [4.78, 5) is 21.2. The van der Waals surface area contributed by atoms with E-state index in [2.05, 4.69) is 9.97 Å². The van der Waals surface area contributed by atoms with Gasteiger partial charge >= 0.3 is 0 Å². The number of sulfone groups is 1. The molecule has 0 bridgehead atoms. The van der Waals surface area contributed by atoms with Crippen LogP contribution in [0.5, 0.6) is 0 Å². The lowest BCUT2D eigenvalue weighted by molar-refractivity contribution is 0.0982. The summed E-state index contributed by atoms with van der Waals surface area (Å²) < 4.78 is 34.5. The van der Waals surface area contributed by atoms with Gasteiger partial charge in [-0.3, -0.25) is 9.20 Å². The third kappa shape index (κ3) is 3.68. The molecule has 7 nitrogen and oxygen atoms in total. The summed E-state index contributed by atoms with van der Waals surface area (Å²) in [7, 11) is -3.80. The molecule has 0 aliphatic rings. The second kappa shape index (κ2) is 8.18. The Hall–Kier alpha value is -4.30. The summed E-state index contributed by atoms with van der Waals surface area (Å²) in [6.45, 7) is 0. The number of ketones is 1. The van der Waals surface area contributed by atoms with Crippen molar-refractivity contribution in [2.75, 3.05) is 0 Å². The van der Waals surface area contributed by atoms with Crippen molar-refractivity contribution in [1.29, 1.82) is 0 Å². The van der Waals surface area contributed by atoms with Crippen molar-refractivity contribution < 1.29 is 17.6 Å². The summed E-state index contributed by atoms with van der Waals surface area (Å²) in [6.07, 6.45) is 7.38. The average molecular weight is 482 g/mol. The van der Waals surface area contributed by atoms with E-state index in [0.717, 1.165) is 16.3 Å². The maximum atomic E-state index is 13.4. The maximum absolute atomic E-state index is 13.4. The van der Waals surface area contributed by atoms with Gasteiger partial charge in [-0.2, -0.15) is 0 Å². The SMILES string of the molecule is O=C(CCc1ccc(S(=O)(=O)c2cccc3c2oc2ccccc23)cc1)c1cnc2nccn2c1. The minimum absolute atomic E-state index is 0.0404. The van der Waals surface area contributed by atoms with Crippen molar-refractivity contribution in [2.45, 2.75) is 22.6 Å². The lowest BCUT2D eigenvalue weighted by Crippen LogP contribution is -2.05. The van der Waals surface area contributed by atoms with E-state index in [9.17, 15) is 13.2 Å². The molecule has 0 unspecified atom stereocenters. The Morgan fingerprint density at radius 2 is 1.71 bits per heavy atom. The summed E-state index contributed by atoms with van der Waals surface area (Å²) in [5.74, 6) is 0.498.